The van der Waals surface area contributed by atoms with Crippen LogP contribution in [0.25, 0.3) is 142 Å². The molecule has 0 atom stereocenters. The number of rotatable bonds is 2. The number of fused-ring (bicyclic) bond motifs is 13. The number of hydrogen-bond acceptors (Lipinski definition) is 4. The lowest BCUT2D eigenvalue weighted by atomic mass is 9.83. The predicted octanol–water partition coefficient (Wildman–Crippen LogP) is 14.9. The largest absolute Gasteiger partial charge is 0.237 e. The number of benzene rings is 10. The topological polar surface area (TPSA) is 73.4 Å². The van der Waals surface area contributed by atoms with Gasteiger partial charge < -0.3 is 0 Å². The summed E-state index contributed by atoms with van der Waals surface area (Å²) in [7, 11) is 0. The maximum Gasteiger partial charge on any atom is 0.141 e. The average molecular weight is 781 g/mol. The zero-order chi connectivity index (χ0) is 40.8. The molecule has 10 aromatic carbocycles. The fourth-order valence-electron chi connectivity index (χ4n) is 11.1. The van der Waals surface area contributed by atoms with Gasteiger partial charge in [0.2, 0.25) is 0 Å². The second-order valence-electron chi connectivity index (χ2n) is 16.6. The van der Waals surface area contributed by atoms with Gasteiger partial charge in [-0.3, -0.25) is 0 Å². The van der Waals surface area contributed by atoms with E-state index in [1.54, 1.807) is 0 Å². The Labute approximate surface area is 354 Å². The maximum atomic E-state index is 10.3. The summed E-state index contributed by atoms with van der Waals surface area (Å²) in [4.78, 5) is 9.51. The van der Waals surface area contributed by atoms with Gasteiger partial charge in [0.05, 0.1) is 11.0 Å². The molecule has 0 amide bonds. The lowest BCUT2D eigenvalue weighted by Crippen LogP contribution is -1.95. The molecule has 62 heavy (non-hydrogen) atoms. The van der Waals surface area contributed by atoms with Crippen LogP contribution in [0.5, 0.6) is 0 Å². The van der Waals surface area contributed by atoms with Crippen molar-refractivity contribution in [1.82, 2.24) is 9.97 Å². The summed E-state index contributed by atoms with van der Waals surface area (Å²) in [6.45, 7) is 0. The third kappa shape index (κ3) is 4.22. The third-order valence-corrected chi connectivity index (χ3v) is 13.6. The Hall–Kier alpha value is -8.70. The van der Waals surface area contributed by atoms with Crippen LogP contribution in [0.2, 0.25) is 0 Å². The van der Waals surface area contributed by atoms with Crippen LogP contribution >= 0.6 is 0 Å². The van der Waals surface area contributed by atoms with Crippen molar-refractivity contribution >= 4 is 75.7 Å². The van der Waals surface area contributed by atoms with Gasteiger partial charge in [-0.15, -0.1) is 0 Å². The Morgan fingerprint density at radius 2 is 0.694 bits per heavy atom. The summed E-state index contributed by atoms with van der Waals surface area (Å²) in [5.74, 6) is 0. The monoisotopic (exact) mass is 780 g/mol. The normalized spacial score (nSPS) is 12.2. The summed E-state index contributed by atoms with van der Waals surface area (Å²) in [5.41, 5.74) is 16.2. The van der Waals surface area contributed by atoms with Crippen molar-refractivity contribution in [2.24, 2.45) is 0 Å². The Morgan fingerprint density at radius 3 is 1.13 bits per heavy atom. The molecule has 0 radical (unpaired) electrons. The van der Waals surface area contributed by atoms with E-state index in [1.165, 1.54) is 66.1 Å². The number of aromatic nitrogens is 2. The average Bonchev–Trinajstić information content (AvgIpc) is 3.83. The summed E-state index contributed by atoms with van der Waals surface area (Å²) < 4.78 is 0. The van der Waals surface area contributed by atoms with E-state index in [9.17, 15) is 10.5 Å². The van der Waals surface area contributed by atoms with E-state index in [4.69, 9.17) is 9.97 Å². The van der Waals surface area contributed by atoms with E-state index >= 15 is 0 Å². The van der Waals surface area contributed by atoms with Crippen molar-refractivity contribution in [3.05, 3.63) is 181 Å². The van der Waals surface area contributed by atoms with Crippen LogP contribution in [0.4, 0.5) is 0 Å². The molecule has 2 heterocycles. The van der Waals surface area contributed by atoms with Crippen LogP contribution in [0.15, 0.2) is 170 Å². The highest BCUT2D eigenvalue weighted by molar-refractivity contribution is 6.31. The number of nitriles is 2. The fourth-order valence-corrected chi connectivity index (χ4v) is 11.1. The Balaban J connectivity index is 1.16. The molecule has 2 aliphatic carbocycles. The first-order chi connectivity index (χ1) is 30.7. The van der Waals surface area contributed by atoms with E-state index in [0.29, 0.717) is 11.4 Å². The molecule has 0 fully saturated rings. The highest BCUT2D eigenvalue weighted by Gasteiger charge is 2.31. The van der Waals surface area contributed by atoms with Crippen LogP contribution in [-0.4, -0.2) is 9.97 Å². The van der Waals surface area contributed by atoms with Gasteiger partial charge in [0.25, 0.3) is 0 Å². The van der Waals surface area contributed by atoms with Crippen molar-refractivity contribution in [3.63, 3.8) is 0 Å². The highest BCUT2D eigenvalue weighted by Crippen LogP contribution is 2.57. The van der Waals surface area contributed by atoms with Crippen molar-refractivity contribution in [1.29, 1.82) is 10.5 Å². The quantitative estimate of drug-likeness (QED) is 0.164. The van der Waals surface area contributed by atoms with Gasteiger partial charge in [-0.05, 0) is 157 Å². The van der Waals surface area contributed by atoms with Crippen LogP contribution in [0.1, 0.15) is 11.4 Å². The van der Waals surface area contributed by atoms with Gasteiger partial charge in [0, 0.05) is 10.8 Å². The van der Waals surface area contributed by atoms with Gasteiger partial charge in [0.15, 0.2) is 0 Å². The van der Waals surface area contributed by atoms with Crippen molar-refractivity contribution in [2.45, 2.75) is 0 Å². The summed E-state index contributed by atoms with van der Waals surface area (Å²) in [5, 5.41) is 34.4. The van der Waals surface area contributed by atoms with Crippen LogP contribution < -0.4 is 0 Å². The van der Waals surface area contributed by atoms with Gasteiger partial charge in [0.1, 0.15) is 23.5 Å². The van der Waals surface area contributed by atoms with E-state index in [1.807, 2.05) is 36.4 Å². The molecule has 4 heteroatoms. The predicted molar refractivity (Wildman–Crippen MR) is 254 cm³/mol. The van der Waals surface area contributed by atoms with Gasteiger partial charge in [-0.1, -0.05) is 133 Å². The summed E-state index contributed by atoms with van der Waals surface area (Å²) in [6, 6.07) is 65.5. The minimum atomic E-state index is 0.394. The minimum Gasteiger partial charge on any atom is -0.237 e. The number of hydrogen-bond donors (Lipinski definition) is 0. The molecular formula is C58H28N4. The molecule has 14 rings (SSSR count). The molecular weight excluding hydrogens is 753 g/mol. The second-order valence-corrected chi connectivity index (χ2v) is 16.6. The lowest BCUT2D eigenvalue weighted by molar-refractivity contribution is 1.33. The molecule has 0 saturated heterocycles. The smallest absolute Gasteiger partial charge is 0.141 e. The summed E-state index contributed by atoms with van der Waals surface area (Å²) >= 11 is 0. The van der Waals surface area contributed by atoms with Gasteiger partial charge in [-0.2, -0.15) is 10.5 Å². The zero-order valence-electron chi connectivity index (χ0n) is 33.0. The molecule has 4 nitrogen and oxygen atoms in total. The van der Waals surface area contributed by atoms with Gasteiger partial charge >= 0.3 is 0 Å². The minimum absolute atomic E-state index is 0.394. The fraction of sp³-hybridized carbons (Fsp3) is 0. The number of nitrogens with zero attached hydrogens (tertiary/aromatic N) is 4. The van der Waals surface area contributed by atoms with E-state index in [-0.39, 0.29) is 0 Å². The van der Waals surface area contributed by atoms with E-state index in [0.717, 1.165) is 76.4 Å². The SMILES string of the molecule is N#Cc1cc(-c2c3c(cc4c2ccc2c5cc6c(c(-c7cc(C#N)nc8ccccc78)c5ccc42)-c2cccc4cccc-6c24)-c2cccc4cccc-3c24)c2ccccc2n1. The molecule has 0 spiro atoms. The molecule has 0 N–H and O–H groups in total. The molecule has 0 saturated carbocycles. The molecule has 2 aromatic heterocycles. The van der Waals surface area contributed by atoms with Crippen molar-refractivity contribution in [3.8, 4) is 78.9 Å². The second kappa shape index (κ2) is 12.0. The third-order valence-electron chi connectivity index (χ3n) is 13.6. The standard InChI is InChI=1S/C58H28N4/c59-29-33-25-47(37-13-1-3-19-51(37)61-33)55-41-23-21-36-35(45(41)27-49-39-15-5-9-31-11-7-17-43(53(31)39)57(49)55)22-24-42-46(36)28-50-40-16-6-10-32-12-8-18-44(54(32)40)58(50)56(42)48-26-34(30-60)62-52-20-4-2-14-38(48)52/h1-28H. The Morgan fingerprint density at radius 1 is 0.290 bits per heavy atom. The lowest BCUT2D eigenvalue weighted by Gasteiger charge is -2.20. The Kier molecular flexibility index (Phi) is 6.40. The first kappa shape index (κ1) is 33.2. The Bertz CT molecular complexity index is 3900. The molecule has 12 aromatic rings. The van der Waals surface area contributed by atoms with Crippen LogP contribution in [-0.2, 0) is 0 Å². The highest BCUT2D eigenvalue weighted by atomic mass is 14.7. The summed E-state index contributed by atoms with van der Waals surface area (Å²) in [6.07, 6.45) is 0. The van der Waals surface area contributed by atoms with Crippen LogP contribution in [0, 0.1) is 22.7 Å². The first-order valence-electron chi connectivity index (χ1n) is 20.9. The van der Waals surface area contributed by atoms with E-state index in [2.05, 4.69) is 146 Å². The molecule has 280 valence electrons. The van der Waals surface area contributed by atoms with Crippen LogP contribution in [0.3, 0.4) is 0 Å². The molecule has 0 bridgehead atoms. The van der Waals surface area contributed by atoms with Crippen molar-refractivity contribution < 1.29 is 0 Å². The maximum absolute atomic E-state index is 10.3. The van der Waals surface area contributed by atoms with Gasteiger partial charge in [-0.25, -0.2) is 9.97 Å². The molecule has 2 aliphatic rings. The molecule has 0 aliphatic heterocycles. The van der Waals surface area contributed by atoms with Crippen molar-refractivity contribution in [2.75, 3.05) is 0 Å². The van der Waals surface area contributed by atoms with E-state index < -0.39 is 0 Å². The number of para-hydroxylation sites is 2. The first-order valence-corrected chi connectivity index (χ1v) is 20.9. The molecule has 0 unspecified atom stereocenters. The zero-order valence-corrected chi connectivity index (χ0v) is 33.0. The number of pyridine rings is 2.